The number of aryl methyl sites for hydroxylation is 2. The van der Waals surface area contributed by atoms with E-state index in [1.807, 2.05) is 81.4 Å². The van der Waals surface area contributed by atoms with E-state index in [1.54, 1.807) is 6.08 Å². The summed E-state index contributed by atoms with van der Waals surface area (Å²) in [7, 11) is 0. The van der Waals surface area contributed by atoms with Crippen LogP contribution in [0.5, 0.6) is 0 Å². The molecular weight excluding hydrogens is 390 g/mol. The smallest absolute Gasteiger partial charge is 0.318 e. The van der Waals surface area contributed by atoms with Gasteiger partial charge in [-0.2, -0.15) is 0 Å². The van der Waals surface area contributed by atoms with Crippen molar-refractivity contribution in [3.63, 3.8) is 0 Å². The van der Waals surface area contributed by atoms with E-state index in [0.717, 1.165) is 33.1 Å². The minimum absolute atomic E-state index is 0.0558. The lowest BCUT2D eigenvalue weighted by Gasteiger charge is -2.26. The second-order valence-electron chi connectivity index (χ2n) is 7.69. The molecule has 0 spiro atoms. The van der Waals surface area contributed by atoms with Crippen LogP contribution in [0, 0.1) is 20.8 Å². The number of imide groups is 2. The highest BCUT2D eigenvalue weighted by Gasteiger charge is 2.35. The van der Waals surface area contributed by atoms with Gasteiger partial charge in [0, 0.05) is 17.1 Å². The maximum atomic E-state index is 13.0. The van der Waals surface area contributed by atoms with Crippen molar-refractivity contribution in [3.8, 4) is 5.69 Å². The number of rotatable bonds is 4. The lowest BCUT2D eigenvalue weighted by Crippen LogP contribution is -2.53. The van der Waals surface area contributed by atoms with Crippen LogP contribution < -0.4 is 5.32 Å². The van der Waals surface area contributed by atoms with Gasteiger partial charge >= 0.3 is 6.03 Å². The minimum atomic E-state index is -0.707. The zero-order chi connectivity index (χ0) is 22.1. The fourth-order valence-electron chi connectivity index (χ4n) is 3.78. The molecule has 1 N–H and O–H groups in total. The number of nitrogens with zero attached hydrogens (tertiary/aromatic N) is 2. The summed E-state index contributed by atoms with van der Waals surface area (Å²) in [6, 6.07) is 18.6. The number of aromatic nitrogens is 1. The van der Waals surface area contributed by atoms with Crippen LogP contribution in [0.4, 0.5) is 4.79 Å². The molecule has 1 fully saturated rings. The number of carbonyl (C=O) groups is 3. The van der Waals surface area contributed by atoms with Crippen LogP contribution in [0.2, 0.25) is 0 Å². The molecule has 2 heterocycles. The Bertz CT molecular complexity index is 1200. The number of nitrogens with one attached hydrogen (secondary N) is 1. The number of hydrogen-bond acceptors (Lipinski definition) is 3. The average Bonchev–Trinajstić information content (AvgIpc) is 3.03. The van der Waals surface area contributed by atoms with E-state index in [0.29, 0.717) is 0 Å². The fourth-order valence-corrected chi connectivity index (χ4v) is 3.78. The summed E-state index contributed by atoms with van der Waals surface area (Å²) < 4.78 is 2.07. The van der Waals surface area contributed by atoms with Crippen LogP contribution >= 0.6 is 0 Å². The summed E-state index contributed by atoms with van der Waals surface area (Å²) in [5.74, 6) is -1.28. The molecule has 1 saturated heterocycles. The van der Waals surface area contributed by atoms with Gasteiger partial charge in [-0.05, 0) is 56.2 Å². The molecule has 0 unspecified atom stereocenters. The number of barbiturate groups is 1. The third-order valence-corrected chi connectivity index (χ3v) is 5.43. The second kappa shape index (κ2) is 8.07. The molecule has 0 saturated carbocycles. The number of benzene rings is 2. The quantitative estimate of drug-likeness (QED) is 0.518. The Kier molecular flexibility index (Phi) is 5.29. The number of urea groups is 1. The van der Waals surface area contributed by atoms with E-state index in [1.165, 1.54) is 5.56 Å². The van der Waals surface area contributed by atoms with Crippen molar-refractivity contribution in [1.82, 2.24) is 14.8 Å². The van der Waals surface area contributed by atoms with E-state index >= 15 is 0 Å². The van der Waals surface area contributed by atoms with Gasteiger partial charge in [-0.25, -0.2) is 4.79 Å². The predicted molar refractivity (Wildman–Crippen MR) is 118 cm³/mol. The van der Waals surface area contributed by atoms with Crippen LogP contribution in [-0.4, -0.2) is 27.3 Å². The van der Waals surface area contributed by atoms with Gasteiger partial charge < -0.3 is 4.57 Å². The standard InChI is InChI=1S/C25H23N3O3/c1-16-9-11-21(12-10-16)28-17(2)13-20(18(28)3)14-22-23(29)26-25(31)27(24(22)30)15-19-7-5-4-6-8-19/h4-14H,15H2,1-3H3,(H,26,29,31)/b22-14+. The van der Waals surface area contributed by atoms with Gasteiger partial charge in [0.1, 0.15) is 5.57 Å². The van der Waals surface area contributed by atoms with Crippen molar-refractivity contribution in [1.29, 1.82) is 0 Å². The molecule has 156 valence electrons. The monoisotopic (exact) mass is 413 g/mol. The number of hydrogen-bond donors (Lipinski definition) is 1. The summed E-state index contributed by atoms with van der Waals surface area (Å²) >= 11 is 0. The number of amides is 4. The normalized spacial score (nSPS) is 15.5. The topological polar surface area (TPSA) is 71.4 Å². The van der Waals surface area contributed by atoms with Crippen LogP contribution in [0.15, 0.2) is 66.2 Å². The fraction of sp³-hybridized carbons (Fsp3) is 0.160. The maximum absolute atomic E-state index is 13.0. The number of carbonyl (C=O) groups excluding carboxylic acids is 3. The minimum Gasteiger partial charge on any atom is -0.318 e. The molecule has 6 heteroatoms. The van der Waals surface area contributed by atoms with Gasteiger partial charge in [-0.3, -0.25) is 19.8 Å². The van der Waals surface area contributed by atoms with E-state index in [9.17, 15) is 14.4 Å². The van der Waals surface area contributed by atoms with Crippen molar-refractivity contribution in [2.45, 2.75) is 27.3 Å². The molecule has 1 aromatic heterocycles. The molecule has 3 aromatic rings. The van der Waals surface area contributed by atoms with E-state index < -0.39 is 17.8 Å². The Balaban J connectivity index is 1.69. The van der Waals surface area contributed by atoms with Crippen LogP contribution in [0.3, 0.4) is 0 Å². The maximum Gasteiger partial charge on any atom is 0.331 e. The summed E-state index contributed by atoms with van der Waals surface area (Å²) in [6.45, 7) is 6.05. The summed E-state index contributed by atoms with van der Waals surface area (Å²) in [4.78, 5) is 38.9. The van der Waals surface area contributed by atoms with Crippen molar-refractivity contribution in [2.75, 3.05) is 0 Å². The van der Waals surface area contributed by atoms with Crippen molar-refractivity contribution < 1.29 is 14.4 Å². The Morgan fingerprint density at radius 1 is 0.903 bits per heavy atom. The first-order chi connectivity index (χ1) is 14.8. The molecule has 0 bridgehead atoms. The highest BCUT2D eigenvalue weighted by Crippen LogP contribution is 2.25. The third kappa shape index (κ3) is 3.92. The Morgan fingerprint density at radius 3 is 2.26 bits per heavy atom. The summed E-state index contributed by atoms with van der Waals surface area (Å²) in [5.41, 5.74) is 5.56. The Labute approximate surface area is 180 Å². The zero-order valence-electron chi connectivity index (χ0n) is 17.7. The molecule has 0 aliphatic carbocycles. The molecule has 0 atom stereocenters. The van der Waals surface area contributed by atoms with Crippen molar-refractivity contribution in [3.05, 3.63) is 94.3 Å². The van der Waals surface area contributed by atoms with E-state index in [4.69, 9.17) is 0 Å². The van der Waals surface area contributed by atoms with Gasteiger partial charge in [0.25, 0.3) is 11.8 Å². The van der Waals surface area contributed by atoms with Gasteiger partial charge in [-0.15, -0.1) is 0 Å². The lowest BCUT2D eigenvalue weighted by atomic mass is 10.1. The van der Waals surface area contributed by atoms with E-state index in [2.05, 4.69) is 9.88 Å². The molecule has 4 amide bonds. The second-order valence-corrected chi connectivity index (χ2v) is 7.69. The Morgan fingerprint density at radius 2 is 1.58 bits per heavy atom. The van der Waals surface area contributed by atoms with Gasteiger partial charge in [0.15, 0.2) is 0 Å². The highest BCUT2D eigenvalue weighted by molar-refractivity contribution is 6.31. The van der Waals surface area contributed by atoms with Gasteiger partial charge in [0.2, 0.25) is 0 Å². The molecular formula is C25H23N3O3. The summed E-state index contributed by atoms with van der Waals surface area (Å²) in [5, 5.41) is 2.28. The molecule has 1 aliphatic rings. The lowest BCUT2D eigenvalue weighted by molar-refractivity contribution is -0.130. The highest BCUT2D eigenvalue weighted by atomic mass is 16.2. The third-order valence-electron chi connectivity index (χ3n) is 5.43. The van der Waals surface area contributed by atoms with Gasteiger partial charge in [0.05, 0.1) is 6.54 Å². The van der Waals surface area contributed by atoms with Crippen molar-refractivity contribution >= 4 is 23.9 Å². The van der Waals surface area contributed by atoms with Crippen molar-refractivity contribution in [2.24, 2.45) is 0 Å². The van der Waals surface area contributed by atoms with Crippen LogP contribution in [0.25, 0.3) is 11.8 Å². The average molecular weight is 413 g/mol. The first-order valence-electron chi connectivity index (χ1n) is 10.0. The SMILES string of the molecule is Cc1ccc(-n2c(C)cc(/C=C3\C(=O)NC(=O)N(Cc4ccccc4)C3=O)c2C)cc1. The van der Waals surface area contributed by atoms with E-state index in [-0.39, 0.29) is 12.1 Å². The molecule has 4 rings (SSSR count). The first kappa shape index (κ1) is 20.3. The largest absolute Gasteiger partial charge is 0.331 e. The molecule has 2 aromatic carbocycles. The van der Waals surface area contributed by atoms with Gasteiger partial charge in [-0.1, -0.05) is 48.0 Å². The molecule has 0 radical (unpaired) electrons. The Hall–Kier alpha value is -3.93. The predicted octanol–water partition coefficient (Wildman–Crippen LogP) is 4.06. The first-order valence-corrected chi connectivity index (χ1v) is 10.0. The molecule has 1 aliphatic heterocycles. The van der Waals surface area contributed by atoms with Crippen LogP contribution in [0.1, 0.15) is 28.1 Å². The molecule has 31 heavy (non-hydrogen) atoms. The van der Waals surface area contributed by atoms with Crippen LogP contribution in [-0.2, 0) is 16.1 Å². The molecule has 6 nitrogen and oxygen atoms in total. The summed E-state index contributed by atoms with van der Waals surface area (Å²) in [6.07, 6.45) is 1.56. The zero-order valence-corrected chi connectivity index (χ0v) is 17.7.